The van der Waals surface area contributed by atoms with Gasteiger partial charge >= 0.3 is 0 Å². The van der Waals surface area contributed by atoms with Gasteiger partial charge in [0.25, 0.3) is 10.0 Å². The Hall–Kier alpha value is -2.26. The van der Waals surface area contributed by atoms with Crippen molar-refractivity contribution in [3.8, 4) is 0 Å². The molecule has 28 heavy (non-hydrogen) atoms. The number of piperazine rings is 1. The Balaban J connectivity index is 1.35. The van der Waals surface area contributed by atoms with Crippen molar-refractivity contribution < 1.29 is 13.2 Å². The zero-order valence-electron chi connectivity index (χ0n) is 15.2. The summed E-state index contributed by atoms with van der Waals surface area (Å²) in [5, 5.41) is 6.83. The lowest BCUT2D eigenvalue weighted by Crippen LogP contribution is -2.50. The third-order valence-corrected chi connectivity index (χ3v) is 8.12. The first-order chi connectivity index (χ1) is 13.5. The first kappa shape index (κ1) is 19.1. The summed E-state index contributed by atoms with van der Waals surface area (Å²) in [6.07, 6.45) is 0. The SMILES string of the molecule is O=C(CN1CCN(S(=O)(=O)c2cccs2)CC1)Nc1cccc2ccccc12. The van der Waals surface area contributed by atoms with Gasteiger partial charge in [-0.05, 0) is 22.9 Å². The highest BCUT2D eigenvalue weighted by atomic mass is 32.2. The Bertz CT molecular complexity index is 1070. The maximum atomic E-state index is 12.6. The highest BCUT2D eigenvalue weighted by Crippen LogP contribution is 2.24. The molecular formula is C20H21N3O3S2. The number of hydrogen-bond acceptors (Lipinski definition) is 5. The van der Waals surface area contributed by atoms with Gasteiger partial charge < -0.3 is 5.32 Å². The Morgan fingerprint density at radius 1 is 0.964 bits per heavy atom. The Morgan fingerprint density at radius 3 is 2.46 bits per heavy atom. The molecule has 1 aliphatic heterocycles. The summed E-state index contributed by atoms with van der Waals surface area (Å²) in [5.41, 5.74) is 0.794. The summed E-state index contributed by atoms with van der Waals surface area (Å²) in [6.45, 7) is 2.10. The molecule has 1 aliphatic rings. The average molecular weight is 416 g/mol. The molecule has 0 atom stereocenters. The predicted octanol–water partition coefficient (Wildman–Crippen LogP) is 2.85. The number of sulfonamides is 1. The number of thiophene rings is 1. The van der Waals surface area contributed by atoms with Gasteiger partial charge in [0.05, 0.1) is 6.54 Å². The largest absolute Gasteiger partial charge is 0.324 e. The Labute approximate surface area is 168 Å². The fourth-order valence-electron chi connectivity index (χ4n) is 3.39. The van der Waals surface area contributed by atoms with Gasteiger partial charge in [-0.2, -0.15) is 4.31 Å². The van der Waals surface area contributed by atoms with Crippen LogP contribution in [0.5, 0.6) is 0 Å². The normalized spacial score (nSPS) is 16.3. The van der Waals surface area contributed by atoms with Crippen LogP contribution >= 0.6 is 11.3 Å². The van der Waals surface area contributed by atoms with Crippen molar-refractivity contribution in [1.82, 2.24) is 9.21 Å². The zero-order chi connectivity index (χ0) is 19.6. The van der Waals surface area contributed by atoms with Crippen LogP contribution in [0.4, 0.5) is 5.69 Å². The van der Waals surface area contributed by atoms with Gasteiger partial charge in [0.15, 0.2) is 0 Å². The lowest BCUT2D eigenvalue weighted by molar-refractivity contribution is -0.117. The van der Waals surface area contributed by atoms with E-state index in [0.717, 1.165) is 16.5 Å². The van der Waals surface area contributed by atoms with E-state index in [1.54, 1.807) is 17.5 Å². The summed E-state index contributed by atoms with van der Waals surface area (Å²) in [7, 11) is -3.42. The molecule has 146 valence electrons. The van der Waals surface area contributed by atoms with E-state index >= 15 is 0 Å². The molecule has 1 aromatic heterocycles. The van der Waals surface area contributed by atoms with Crippen LogP contribution in [0.3, 0.4) is 0 Å². The Kier molecular flexibility index (Phi) is 5.45. The van der Waals surface area contributed by atoms with Gasteiger partial charge in [0.1, 0.15) is 4.21 Å². The number of amides is 1. The molecular weight excluding hydrogens is 394 g/mol. The average Bonchev–Trinajstić information content (AvgIpc) is 3.24. The van der Waals surface area contributed by atoms with E-state index in [1.165, 1.54) is 15.6 Å². The van der Waals surface area contributed by atoms with Crippen molar-refractivity contribution in [1.29, 1.82) is 0 Å². The van der Waals surface area contributed by atoms with Crippen molar-refractivity contribution in [2.24, 2.45) is 0 Å². The molecule has 0 bridgehead atoms. The molecule has 0 unspecified atom stereocenters. The lowest BCUT2D eigenvalue weighted by atomic mass is 10.1. The molecule has 6 nitrogen and oxygen atoms in total. The molecule has 4 rings (SSSR count). The standard InChI is InChI=1S/C20H21N3O3S2/c24-19(21-18-8-3-6-16-5-1-2-7-17(16)18)15-22-10-12-23(13-11-22)28(25,26)20-9-4-14-27-20/h1-9,14H,10-13,15H2,(H,21,24). The molecule has 1 fully saturated rings. The van der Waals surface area contributed by atoms with E-state index in [-0.39, 0.29) is 12.5 Å². The van der Waals surface area contributed by atoms with Crippen molar-refractivity contribution in [2.45, 2.75) is 4.21 Å². The van der Waals surface area contributed by atoms with Crippen LogP contribution in [-0.2, 0) is 14.8 Å². The summed E-state index contributed by atoms with van der Waals surface area (Å²) < 4.78 is 27.0. The molecule has 0 saturated carbocycles. The van der Waals surface area contributed by atoms with Crippen LogP contribution in [-0.4, -0.2) is 56.3 Å². The zero-order valence-corrected chi connectivity index (χ0v) is 16.9. The number of fused-ring (bicyclic) bond motifs is 1. The van der Waals surface area contributed by atoms with E-state index in [2.05, 4.69) is 5.32 Å². The third kappa shape index (κ3) is 3.95. The van der Waals surface area contributed by atoms with Crippen LogP contribution in [0.2, 0.25) is 0 Å². The van der Waals surface area contributed by atoms with Crippen molar-refractivity contribution in [3.05, 3.63) is 60.0 Å². The van der Waals surface area contributed by atoms with E-state index in [1.807, 2.05) is 47.4 Å². The minimum absolute atomic E-state index is 0.0917. The number of carbonyl (C=O) groups is 1. The highest BCUT2D eigenvalue weighted by molar-refractivity contribution is 7.91. The molecule has 2 aromatic carbocycles. The number of anilines is 1. The number of carbonyl (C=O) groups excluding carboxylic acids is 1. The van der Waals surface area contributed by atoms with Gasteiger partial charge in [-0.15, -0.1) is 11.3 Å². The topological polar surface area (TPSA) is 69.7 Å². The second-order valence-electron chi connectivity index (χ2n) is 6.69. The van der Waals surface area contributed by atoms with Gasteiger partial charge in [-0.25, -0.2) is 8.42 Å². The Morgan fingerprint density at radius 2 is 1.71 bits per heavy atom. The molecule has 8 heteroatoms. The van der Waals surface area contributed by atoms with Crippen molar-refractivity contribution >= 4 is 43.7 Å². The van der Waals surface area contributed by atoms with E-state index in [9.17, 15) is 13.2 Å². The molecule has 0 aliphatic carbocycles. The molecule has 1 N–H and O–H groups in total. The quantitative estimate of drug-likeness (QED) is 0.696. The fraction of sp³-hybridized carbons (Fsp3) is 0.250. The molecule has 3 aromatic rings. The summed E-state index contributed by atoms with van der Waals surface area (Å²) in [4.78, 5) is 14.5. The van der Waals surface area contributed by atoms with E-state index < -0.39 is 10.0 Å². The minimum atomic E-state index is -3.42. The molecule has 1 amide bonds. The van der Waals surface area contributed by atoms with Crippen LogP contribution in [0.15, 0.2) is 64.2 Å². The number of nitrogens with zero attached hydrogens (tertiary/aromatic N) is 2. The van der Waals surface area contributed by atoms with Crippen LogP contribution in [0.25, 0.3) is 10.8 Å². The maximum Gasteiger partial charge on any atom is 0.252 e. The lowest BCUT2D eigenvalue weighted by Gasteiger charge is -2.33. The summed E-state index contributed by atoms with van der Waals surface area (Å²) in [5.74, 6) is -0.0917. The van der Waals surface area contributed by atoms with Crippen molar-refractivity contribution in [3.63, 3.8) is 0 Å². The molecule has 1 saturated heterocycles. The van der Waals surface area contributed by atoms with Gasteiger partial charge in [-0.3, -0.25) is 9.69 Å². The smallest absolute Gasteiger partial charge is 0.252 e. The molecule has 2 heterocycles. The third-order valence-electron chi connectivity index (χ3n) is 4.85. The second-order valence-corrected chi connectivity index (χ2v) is 9.80. The summed E-state index contributed by atoms with van der Waals surface area (Å²) >= 11 is 1.23. The first-order valence-corrected chi connectivity index (χ1v) is 11.4. The summed E-state index contributed by atoms with van der Waals surface area (Å²) in [6, 6.07) is 17.1. The van der Waals surface area contributed by atoms with Gasteiger partial charge in [0, 0.05) is 37.3 Å². The number of nitrogens with one attached hydrogen (secondary N) is 1. The van der Waals surface area contributed by atoms with E-state index in [0.29, 0.717) is 30.4 Å². The second kappa shape index (κ2) is 8.00. The minimum Gasteiger partial charge on any atom is -0.324 e. The van der Waals surface area contributed by atoms with Crippen LogP contribution in [0.1, 0.15) is 0 Å². The number of hydrogen-bond donors (Lipinski definition) is 1. The monoisotopic (exact) mass is 415 g/mol. The highest BCUT2D eigenvalue weighted by Gasteiger charge is 2.29. The molecule has 0 radical (unpaired) electrons. The predicted molar refractivity (Wildman–Crippen MR) is 112 cm³/mol. The first-order valence-electron chi connectivity index (χ1n) is 9.08. The van der Waals surface area contributed by atoms with Crippen LogP contribution in [0, 0.1) is 0 Å². The van der Waals surface area contributed by atoms with Gasteiger partial charge in [0.2, 0.25) is 5.91 Å². The van der Waals surface area contributed by atoms with E-state index in [4.69, 9.17) is 0 Å². The van der Waals surface area contributed by atoms with Crippen LogP contribution < -0.4 is 5.32 Å². The molecule has 0 spiro atoms. The van der Waals surface area contributed by atoms with Gasteiger partial charge in [-0.1, -0.05) is 42.5 Å². The number of rotatable bonds is 5. The van der Waals surface area contributed by atoms with Crippen molar-refractivity contribution in [2.75, 3.05) is 38.0 Å². The fourth-order valence-corrected chi connectivity index (χ4v) is 5.96. The maximum absolute atomic E-state index is 12.6. The number of benzene rings is 2.